The molecule has 2 aromatic carbocycles. The average molecular weight is 330 g/mol. The monoisotopic (exact) mass is 329 g/mol. The van der Waals surface area contributed by atoms with Crippen LogP contribution in [-0.4, -0.2) is 26.3 Å². The molecule has 0 aliphatic heterocycles. The van der Waals surface area contributed by atoms with E-state index in [0.29, 0.717) is 5.02 Å². The smallest absolute Gasteiger partial charge is 0.131 e. The molecule has 0 aliphatic carbocycles. The van der Waals surface area contributed by atoms with Gasteiger partial charge in [0, 0.05) is 28.8 Å². The minimum absolute atomic E-state index is 0.224. The first-order chi connectivity index (χ1) is 11.2. The molecule has 3 N–H and O–H groups in total. The maximum atomic E-state index is 9.69. The molecule has 0 spiro atoms. The summed E-state index contributed by atoms with van der Waals surface area (Å²) in [6.07, 6.45) is 1.01. The molecular weight excluding hydrogens is 314 g/mol. The summed E-state index contributed by atoms with van der Waals surface area (Å²) in [4.78, 5) is 0. The number of halogens is 1. The molecule has 0 radical (unpaired) electrons. The van der Waals surface area contributed by atoms with Crippen molar-refractivity contribution in [2.75, 3.05) is 0 Å². The second-order valence-corrected chi connectivity index (χ2v) is 5.58. The lowest BCUT2D eigenvalue weighted by Crippen LogP contribution is -2.27. The SMILES string of the molecule is ONC(O)Cc1cn(-c2ccccc2)nc1-c1ccc(Cl)cc1. The number of rotatable bonds is 5. The van der Waals surface area contributed by atoms with E-state index in [0.717, 1.165) is 22.5 Å². The molecule has 0 saturated heterocycles. The van der Waals surface area contributed by atoms with Gasteiger partial charge in [-0.25, -0.2) is 4.68 Å². The Kier molecular flexibility index (Phi) is 4.73. The average Bonchev–Trinajstić information content (AvgIpc) is 3.00. The van der Waals surface area contributed by atoms with Crippen LogP contribution in [0, 0.1) is 0 Å². The Labute approximate surface area is 138 Å². The topological polar surface area (TPSA) is 70.3 Å². The predicted octanol–water partition coefficient (Wildman–Crippen LogP) is 3.03. The van der Waals surface area contributed by atoms with E-state index >= 15 is 0 Å². The molecule has 1 atom stereocenters. The van der Waals surface area contributed by atoms with Crippen LogP contribution in [0.2, 0.25) is 5.02 Å². The second-order valence-electron chi connectivity index (χ2n) is 5.14. The highest BCUT2D eigenvalue weighted by Crippen LogP contribution is 2.26. The molecule has 5 nitrogen and oxygen atoms in total. The predicted molar refractivity (Wildman–Crippen MR) is 88.6 cm³/mol. The fourth-order valence-corrected chi connectivity index (χ4v) is 2.50. The lowest BCUT2D eigenvalue weighted by atomic mass is 10.1. The number of benzene rings is 2. The highest BCUT2D eigenvalue weighted by molar-refractivity contribution is 6.30. The van der Waals surface area contributed by atoms with Gasteiger partial charge < -0.3 is 10.3 Å². The maximum Gasteiger partial charge on any atom is 0.131 e. The van der Waals surface area contributed by atoms with Crippen LogP contribution in [0.15, 0.2) is 60.8 Å². The normalized spacial score (nSPS) is 12.3. The summed E-state index contributed by atoms with van der Waals surface area (Å²) >= 11 is 5.94. The molecule has 6 heteroatoms. The minimum Gasteiger partial charge on any atom is -0.376 e. The van der Waals surface area contributed by atoms with Crippen molar-refractivity contribution in [1.82, 2.24) is 15.3 Å². The van der Waals surface area contributed by atoms with Crippen molar-refractivity contribution >= 4 is 11.6 Å². The number of aliphatic hydroxyl groups is 1. The van der Waals surface area contributed by atoms with Crippen LogP contribution in [-0.2, 0) is 6.42 Å². The number of para-hydroxylation sites is 1. The van der Waals surface area contributed by atoms with E-state index in [-0.39, 0.29) is 6.42 Å². The highest BCUT2D eigenvalue weighted by atomic mass is 35.5. The largest absolute Gasteiger partial charge is 0.376 e. The molecule has 0 saturated carbocycles. The molecule has 1 unspecified atom stereocenters. The third-order valence-electron chi connectivity index (χ3n) is 3.49. The van der Waals surface area contributed by atoms with Crippen LogP contribution in [0.3, 0.4) is 0 Å². The van der Waals surface area contributed by atoms with Gasteiger partial charge in [-0.1, -0.05) is 41.9 Å². The van der Waals surface area contributed by atoms with E-state index in [1.807, 2.05) is 54.1 Å². The molecule has 3 aromatic rings. The second kappa shape index (κ2) is 6.93. The van der Waals surface area contributed by atoms with Crippen LogP contribution >= 0.6 is 11.6 Å². The lowest BCUT2D eigenvalue weighted by molar-refractivity contribution is 0.00287. The minimum atomic E-state index is -1.06. The zero-order valence-electron chi connectivity index (χ0n) is 12.2. The van der Waals surface area contributed by atoms with E-state index in [4.69, 9.17) is 16.8 Å². The fourth-order valence-electron chi connectivity index (χ4n) is 2.38. The Hall–Kier alpha value is -2.18. The zero-order chi connectivity index (χ0) is 16.2. The maximum absolute atomic E-state index is 9.69. The van der Waals surface area contributed by atoms with E-state index in [1.165, 1.54) is 0 Å². The molecule has 0 amide bonds. The van der Waals surface area contributed by atoms with Crippen LogP contribution in [0.25, 0.3) is 16.9 Å². The van der Waals surface area contributed by atoms with Crippen LogP contribution in [0.1, 0.15) is 5.56 Å². The Bertz CT molecular complexity index is 772. The number of hydrogen-bond acceptors (Lipinski definition) is 4. The van der Waals surface area contributed by atoms with Crippen molar-refractivity contribution in [3.05, 3.63) is 71.4 Å². The van der Waals surface area contributed by atoms with Gasteiger partial charge in [0.05, 0.1) is 11.4 Å². The van der Waals surface area contributed by atoms with Crippen molar-refractivity contribution in [2.45, 2.75) is 12.6 Å². The van der Waals surface area contributed by atoms with Gasteiger partial charge in [0.25, 0.3) is 0 Å². The molecule has 0 fully saturated rings. The van der Waals surface area contributed by atoms with Crippen LogP contribution in [0.5, 0.6) is 0 Å². The number of aromatic nitrogens is 2. The molecular formula is C17H16ClN3O2. The summed E-state index contributed by atoms with van der Waals surface area (Å²) in [6.45, 7) is 0. The number of aliphatic hydroxyl groups excluding tert-OH is 1. The molecule has 0 bridgehead atoms. The third-order valence-corrected chi connectivity index (χ3v) is 3.74. The van der Waals surface area contributed by atoms with Crippen molar-refractivity contribution in [1.29, 1.82) is 0 Å². The van der Waals surface area contributed by atoms with Gasteiger partial charge in [0.15, 0.2) is 0 Å². The van der Waals surface area contributed by atoms with E-state index in [9.17, 15) is 5.11 Å². The summed E-state index contributed by atoms with van der Waals surface area (Å²) in [5.41, 5.74) is 5.20. The number of hydroxylamine groups is 1. The van der Waals surface area contributed by atoms with Crippen molar-refractivity contribution < 1.29 is 10.3 Å². The van der Waals surface area contributed by atoms with Gasteiger partial charge in [-0.15, -0.1) is 0 Å². The van der Waals surface area contributed by atoms with Gasteiger partial charge in [-0.2, -0.15) is 10.6 Å². The van der Waals surface area contributed by atoms with Gasteiger partial charge in [0.2, 0.25) is 0 Å². The van der Waals surface area contributed by atoms with Gasteiger partial charge >= 0.3 is 0 Å². The Morgan fingerprint density at radius 1 is 1.09 bits per heavy atom. The molecule has 23 heavy (non-hydrogen) atoms. The van der Waals surface area contributed by atoms with E-state index in [1.54, 1.807) is 16.8 Å². The van der Waals surface area contributed by atoms with Crippen LogP contribution in [0.4, 0.5) is 0 Å². The van der Waals surface area contributed by atoms with Crippen LogP contribution < -0.4 is 5.48 Å². The fraction of sp³-hybridized carbons (Fsp3) is 0.118. The molecule has 1 heterocycles. The van der Waals surface area contributed by atoms with Gasteiger partial charge in [-0.3, -0.25) is 0 Å². The van der Waals surface area contributed by atoms with Crippen molar-refractivity contribution in [3.8, 4) is 16.9 Å². The first-order valence-corrected chi connectivity index (χ1v) is 7.53. The lowest BCUT2D eigenvalue weighted by Gasteiger charge is -2.07. The highest BCUT2D eigenvalue weighted by Gasteiger charge is 2.15. The van der Waals surface area contributed by atoms with E-state index < -0.39 is 6.23 Å². The van der Waals surface area contributed by atoms with E-state index in [2.05, 4.69) is 5.10 Å². The standard InChI is InChI=1S/C17H16ClN3O2/c18-14-8-6-12(7-9-14)17-13(10-16(22)20-23)11-21(19-17)15-4-2-1-3-5-15/h1-9,11,16,20,22-23H,10H2. The molecule has 0 aliphatic rings. The Morgan fingerprint density at radius 2 is 1.78 bits per heavy atom. The molecule has 1 aromatic heterocycles. The first-order valence-electron chi connectivity index (χ1n) is 7.15. The summed E-state index contributed by atoms with van der Waals surface area (Å²) in [6, 6.07) is 17.0. The summed E-state index contributed by atoms with van der Waals surface area (Å²) in [5.74, 6) is 0. The number of hydrogen-bond donors (Lipinski definition) is 3. The van der Waals surface area contributed by atoms with Crippen molar-refractivity contribution in [3.63, 3.8) is 0 Å². The molecule has 118 valence electrons. The number of nitrogens with zero attached hydrogens (tertiary/aromatic N) is 2. The Morgan fingerprint density at radius 3 is 2.43 bits per heavy atom. The van der Waals surface area contributed by atoms with Gasteiger partial charge in [0.1, 0.15) is 6.23 Å². The quantitative estimate of drug-likeness (QED) is 0.497. The zero-order valence-corrected chi connectivity index (χ0v) is 13.0. The molecule has 3 rings (SSSR count). The van der Waals surface area contributed by atoms with Crippen molar-refractivity contribution in [2.24, 2.45) is 0 Å². The number of nitrogens with one attached hydrogen (secondary N) is 1. The third kappa shape index (κ3) is 3.60. The summed E-state index contributed by atoms with van der Waals surface area (Å²) in [5, 5.41) is 23.8. The van der Waals surface area contributed by atoms with Gasteiger partial charge in [-0.05, 0) is 24.3 Å². The first kappa shape index (κ1) is 15.7. The summed E-state index contributed by atoms with van der Waals surface area (Å²) in [7, 11) is 0. The summed E-state index contributed by atoms with van der Waals surface area (Å²) < 4.78 is 1.75. The Balaban J connectivity index is 2.05.